The fraction of sp³-hybridized carbons (Fsp3) is 0.833. The molecule has 0 aromatic heterocycles. The first-order valence-corrected chi connectivity index (χ1v) is 3.24. The van der Waals surface area contributed by atoms with E-state index in [4.69, 9.17) is 15.3 Å². The van der Waals surface area contributed by atoms with Crippen LogP contribution in [0.1, 0.15) is 13.3 Å². The van der Waals surface area contributed by atoms with Crippen LogP contribution in [0.4, 0.5) is 0 Å². The van der Waals surface area contributed by atoms with Gasteiger partial charge >= 0.3 is 0 Å². The normalized spacial score (nSPS) is 11.6. The number of methoxy groups -OCH3 is 1. The van der Waals surface area contributed by atoms with Gasteiger partial charge in [0.1, 0.15) is 12.4 Å². The second kappa shape index (κ2) is 6.35. The molecule has 60 valence electrons. The van der Waals surface area contributed by atoms with Crippen molar-refractivity contribution in [3.05, 3.63) is 0 Å². The van der Waals surface area contributed by atoms with Crippen molar-refractivity contribution in [2.75, 3.05) is 20.3 Å². The van der Waals surface area contributed by atoms with Gasteiger partial charge in [-0.15, -0.1) is 0 Å². The zero-order valence-corrected chi connectivity index (χ0v) is 6.46. The summed E-state index contributed by atoms with van der Waals surface area (Å²) in [4.78, 5) is 4.76. The predicted molar refractivity (Wildman–Crippen MR) is 39.7 cm³/mol. The summed E-state index contributed by atoms with van der Waals surface area (Å²) in [6, 6.07) is 0. The average Bonchev–Trinajstić information content (AvgIpc) is 1.98. The number of amidine groups is 1. The molecule has 0 radical (unpaired) electrons. The third-order valence-corrected chi connectivity index (χ3v) is 0.923. The first-order valence-electron chi connectivity index (χ1n) is 3.24. The summed E-state index contributed by atoms with van der Waals surface area (Å²) in [7, 11) is 1.61. The molecule has 0 aliphatic heterocycles. The number of nitrogens with two attached hydrogens (primary N) is 1. The minimum atomic E-state index is 0.456. The number of rotatable bonds is 5. The molecular formula is C6H14N2O2. The first-order chi connectivity index (χ1) is 4.81. The van der Waals surface area contributed by atoms with Crippen LogP contribution >= 0.6 is 0 Å². The van der Waals surface area contributed by atoms with Crippen molar-refractivity contribution in [1.29, 1.82) is 0 Å². The smallest absolute Gasteiger partial charge is 0.140 e. The summed E-state index contributed by atoms with van der Waals surface area (Å²) in [5.74, 6) is 0.510. The van der Waals surface area contributed by atoms with Crippen LogP contribution in [0.15, 0.2) is 5.16 Å². The molecule has 0 saturated heterocycles. The van der Waals surface area contributed by atoms with E-state index in [1.807, 2.05) is 6.92 Å². The van der Waals surface area contributed by atoms with Gasteiger partial charge in [-0.1, -0.05) is 12.1 Å². The lowest BCUT2D eigenvalue weighted by atomic mass is 10.5. The molecule has 0 unspecified atom stereocenters. The van der Waals surface area contributed by atoms with Crippen molar-refractivity contribution < 1.29 is 9.57 Å². The Labute approximate surface area is 61.0 Å². The Morgan fingerprint density at radius 1 is 1.50 bits per heavy atom. The third-order valence-electron chi connectivity index (χ3n) is 0.923. The van der Waals surface area contributed by atoms with Gasteiger partial charge in [-0.05, 0) is 0 Å². The maximum atomic E-state index is 5.34. The minimum absolute atomic E-state index is 0.456. The summed E-state index contributed by atoms with van der Waals surface area (Å²) >= 11 is 0. The third kappa shape index (κ3) is 5.37. The van der Waals surface area contributed by atoms with Crippen LogP contribution in [0.3, 0.4) is 0 Å². The van der Waals surface area contributed by atoms with E-state index in [0.29, 0.717) is 25.5 Å². The van der Waals surface area contributed by atoms with Crippen molar-refractivity contribution in [1.82, 2.24) is 0 Å². The molecule has 0 aliphatic carbocycles. The molecule has 10 heavy (non-hydrogen) atoms. The van der Waals surface area contributed by atoms with Gasteiger partial charge in [0.25, 0.3) is 0 Å². The predicted octanol–water partition coefficient (Wildman–Crippen LogP) is 0.332. The molecule has 0 aromatic carbocycles. The highest BCUT2D eigenvalue weighted by atomic mass is 16.6. The van der Waals surface area contributed by atoms with Crippen molar-refractivity contribution in [2.45, 2.75) is 13.3 Å². The Kier molecular flexibility index (Phi) is 5.86. The molecule has 0 amide bonds. The number of hydrogen-bond acceptors (Lipinski definition) is 3. The van der Waals surface area contributed by atoms with E-state index < -0.39 is 0 Å². The zero-order valence-electron chi connectivity index (χ0n) is 6.46. The zero-order chi connectivity index (χ0) is 7.82. The minimum Gasteiger partial charge on any atom is -0.392 e. The number of hydrogen-bond donors (Lipinski definition) is 1. The van der Waals surface area contributed by atoms with Crippen LogP contribution in [0, 0.1) is 0 Å². The lowest BCUT2D eigenvalue weighted by Crippen LogP contribution is -2.11. The van der Waals surface area contributed by atoms with Gasteiger partial charge in [0.05, 0.1) is 6.61 Å². The van der Waals surface area contributed by atoms with Crippen LogP contribution in [-0.4, -0.2) is 26.2 Å². The molecule has 4 nitrogen and oxygen atoms in total. The number of oxime groups is 1. The van der Waals surface area contributed by atoms with E-state index in [1.165, 1.54) is 0 Å². The van der Waals surface area contributed by atoms with Gasteiger partial charge in [-0.25, -0.2) is 0 Å². The lowest BCUT2D eigenvalue weighted by Gasteiger charge is -1.98. The summed E-state index contributed by atoms with van der Waals surface area (Å²) < 4.78 is 4.72. The Hall–Kier alpha value is -0.770. The van der Waals surface area contributed by atoms with Crippen LogP contribution in [0.2, 0.25) is 0 Å². The average molecular weight is 146 g/mol. The van der Waals surface area contributed by atoms with E-state index in [-0.39, 0.29) is 0 Å². The second-order valence-electron chi connectivity index (χ2n) is 1.76. The van der Waals surface area contributed by atoms with Gasteiger partial charge in [0.15, 0.2) is 0 Å². The monoisotopic (exact) mass is 146 g/mol. The van der Waals surface area contributed by atoms with Gasteiger partial charge in [0, 0.05) is 13.5 Å². The maximum Gasteiger partial charge on any atom is 0.140 e. The van der Waals surface area contributed by atoms with Crippen molar-refractivity contribution in [2.24, 2.45) is 10.9 Å². The molecule has 0 bridgehead atoms. The van der Waals surface area contributed by atoms with Crippen LogP contribution in [0.5, 0.6) is 0 Å². The number of nitrogens with zero attached hydrogens (tertiary/aromatic N) is 1. The summed E-state index contributed by atoms with van der Waals surface area (Å²) in [6.07, 6.45) is 0.715. The van der Waals surface area contributed by atoms with E-state index in [9.17, 15) is 0 Å². The summed E-state index contributed by atoms with van der Waals surface area (Å²) in [6.45, 7) is 2.91. The van der Waals surface area contributed by atoms with Gasteiger partial charge in [0.2, 0.25) is 0 Å². The van der Waals surface area contributed by atoms with Crippen LogP contribution in [0.25, 0.3) is 0 Å². The topological polar surface area (TPSA) is 56.8 Å². The molecule has 2 N–H and O–H groups in total. The first kappa shape index (κ1) is 9.23. The van der Waals surface area contributed by atoms with E-state index >= 15 is 0 Å². The maximum absolute atomic E-state index is 5.34. The quantitative estimate of drug-likeness (QED) is 0.263. The summed E-state index contributed by atoms with van der Waals surface area (Å²) in [5, 5.41) is 3.59. The second-order valence-corrected chi connectivity index (χ2v) is 1.76. The van der Waals surface area contributed by atoms with Crippen LogP contribution < -0.4 is 5.73 Å². The molecule has 0 spiro atoms. The standard InChI is InChI=1S/C6H14N2O2/c1-3-6(7)8-10-5-4-9-2/h3-5H2,1-2H3,(H2,7,8). The Balaban J connectivity index is 3.16. The van der Waals surface area contributed by atoms with Crippen molar-refractivity contribution in [3.8, 4) is 0 Å². The molecule has 0 heterocycles. The molecule has 4 heteroatoms. The Morgan fingerprint density at radius 2 is 2.20 bits per heavy atom. The van der Waals surface area contributed by atoms with Crippen molar-refractivity contribution >= 4 is 5.84 Å². The molecule has 0 aliphatic rings. The fourth-order valence-corrected chi connectivity index (χ4v) is 0.314. The van der Waals surface area contributed by atoms with Gasteiger partial charge < -0.3 is 15.3 Å². The van der Waals surface area contributed by atoms with Crippen molar-refractivity contribution in [3.63, 3.8) is 0 Å². The highest BCUT2D eigenvalue weighted by Gasteiger charge is 1.86. The largest absolute Gasteiger partial charge is 0.392 e. The lowest BCUT2D eigenvalue weighted by molar-refractivity contribution is 0.0746. The Bertz CT molecular complexity index is 104. The highest BCUT2D eigenvalue weighted by molar-refractivity contribution is 5.79. The molecule has 0 rings (SSSR count). The van der Waals surface area contributed by atoms with E-state index in [2.05, 4.69) is 5.16 Å². The van der Waals surface area contributed by atoms with Gasteiger partial charge in [-0.2, -0.15) is 0 Å². The molecule has 0 aromatic rings. The Morgan fingerprint density at radius 3 is 2.70 bits per heavy atom. The molecule has 0 fully saturated rings. The van der Waals surface area contributed by atoms with Crippen LogP contribution in [-0.2, 0) is 9.57 Å². The SMILES string of the molecule is CC/C(N)=N/OCCOC. The fourth-order valence-electron chi connectivity index (χ4n) is 0.314. The van der Waals surface area contributed by atoms with E-state index in [0.717, 1.165) is 0 Å². The van der Waals surface area contributed by atoms with E-state index in [1.54, 1.807) is 7.11 Å². The molecule has 0 atom stereocenters. The molecule has 0 saturated carbocycles. The highest BCUT2D eigenvalue weighted by Crippen LogP contribution is 1.80. The molecular weight excluding hydrogens is 132 g/mol. The summed E-state index contributed by atoms with van der Waals surface area (Å²) in [5.41, 5.74) is 5.34. The number of ether oxygens (including phenoxy) is 1. The van der Waals surface area contributed by atoms with Gasteiger partial charge in [-0.3, -0.25) is 0 Å².